The van der Waals surface area contributed by atoms with E-state index in [1.807, 2.05) is 0 Å². The Kier molecular flexibility index (Phi) is 4.75. The van der Waals surface area contributed by atoms with Gasteiger partial charge in [0.25, 0.3) is 5.69 Å². The lowest BCUT2D eigenvalue weighted by molar-refractivity contribution is -0.384. The average molecular weight is 254 g/mol. The van der Waals surface area contributed by atoms with E-state index in [2.05, 4.69) is 5.32 Å². The van der Waals surface area contributed by atoms with Crippen molar-refractivity contribution in [2.45, 2.75) is 19.1 Å². The molecule has 0 saturated carbocycles. The number of benzene rings is 1. The number of hydrogen-bond donors (Lipinski definition) is 3. The van der Waals surface area contributed by atoms with Crippen molar-refractivity contribution in [3.8, 4) is 0 Å². The third-order valence-corrected chi connectivity index (χ3v) is 2.41. The van der Waals surface area contributed by atoms with Gasteiger partial charge >= 0.3 is 0 Å². The van der Waals surface area contributed by atoms with E-state index in [1.54, 1.807) is 0 Å². The van der Waals surface area contributed by atoms with E-state index in [4.69, 9.17) is 5.11 Å². The van der Waals surface area contributed by atoms with Crippen LogP contribution in [0.15, 0.2) is 24.3 Å². The van der Waals surface area contributed by atoms with E-state index >= 15 is 0 Å². The fourth-order valence-electron chi connectivity index (χ4n) is 1.51. The molecule has 98 valence electrons. The van der Waals surface area contributed by atoms with Crippen molar-refractivity contribution in [1.29, 1.82) is 0 Å². The third kappa shape index (κ3) is 3.51. The molecule has 1 aromatic rings. The van der Waals surface area contributed by atoms with Gasteiger partial charge in [-0.3, -0.25) is 14.9 Å². The van der Waals surface area contributed by atoms with Crippen LogP contribution in [0.1, 0.15) is 18.6 Å². The number of aliphatic hydroxyl groups excluding tert-OH is 2. The zero-order valence-corrected chi connectivity index (χ0v) is 9.74. The summed E-state index contributed by atoms with van der Waals surface area (Å²) in [5.74, 6) is -0.380. The lowest BCUT2D eigenvalue weighted by Gasteiger charge is -2.21. The van der Waals surface area contributed by atoms with Crippen molar-refractivity contribution < 1.29 is 19.9 Å². The van der Waals surface area contributed by atoms with Gasteiger partial charge in [-0.25, -0.2) is 0 Å². The first-order valence-corrected chi connectivity index (χ1v) is 5.26. The van der Waals surface area contributed by atoms with Gasteiger partial charge in [-0.15, -0.1) is 0 Å². The van der Waals surface area contributed by atoms with Crippen molar-refractivity contribution in [2.75, 3.05) is 6.61 Å². The van der Waals surface area contributed by atoms with E-state index in [0.29, 0.717) is 5.56 Å². The van der Waals surface area contributed by atoms with Gasteiger partial charge in [0.2, 0.25) is 5.91 Å². The van der Waals surface area contributed by atoms with Crippen LogP contribution < -0.4 is 5.32 Å². The van der Waals surface area contributed by atoms with Crippen molar-refractivity contribution in [3.05, 3.63) is 39.9 Å². The second kappa shape index (κ2) is 6.08. The van der Waals surface area contributed by atoms with Gasteiger partial charge in [-0.2, -0.15) is 0 Å². The van der Waals surface area contributed by atoms with Crippen molar-refractivity contribution in [2.24, 2.45) is 0 Å². The molecule has 7 heteroatoms. The Balaban J connectivity index is 2.84. The molecule has 0 aliphatic rings. The molecule has 2 atom stereocenters. The highest BCUT2D eigenvalue weighted by Gasteiger charge is 2.21. The lowest BCUT2D eigenvalue weighted by Crippen LogP contribution is -2.40. The molecule has 0 aliphatic heterocycles. The molecule has 0 aliphatic carbocycles. The van der Waals surface area contributed by atoms with Crippen LogP contribution in [-0.2, 0) is 4.79 Å². The molecule has 0 bridgehead atoms. The molecular weight excluding hydrogens is 240 g/mol. The van der Waals surface area contributed by atoms with E-state index in [0.717, 1.165) is 0 Å². The molecule has 18 heavy (non-hydrogen) atoms. The summed E-state index contributed by atoms with van der Waals surface area (Å²) in [6.07, 6.45) is -1.13. The Morgan fingerprint density at radius 2 is 2.00 bits per heavy atom. The average Bonchev–Trinajstić information content (AvgIpc) is 2.35. The highest BCUT2D eigenvalue weighted by Crippen LogP contribution is 2.20. The highest BCUT2D eigenvalue weighted by molar-refractivity contribution is 5.73. The smallest absolute Gasteiger partial charge is 0.269 e. The van der Waals surface area contributed by atoms with Crippen LogP contribution >= 0.6 is 0 Å². The number of nitrogens with one attached hydrogen (secondary N) is 1. The Hall–Kier alpha value is -1.99. The number of aliphatic hydroxyl groups is 2. The van der Waals surface area contributed by atoms with Gasteiger partial charge in [0, 0.05) is 19.1 Å². The Bertz CT molecular complexity index is 432. The monoisotopic (exact) mass is 254 g/mol. The maximum Gasteiger partial charge on any atom is 0.269 e. The Morgan fingerprint density at radius 3 is 2.39 bits per heavy atom. The van der Waals surface area contributed by atoms with Crippen LogP contribution in [0.5, 0.6) is 0 Å². The topological polar surface area (TPSA) is 113 Å². The number of carbonyl (C=O) groups excluding carboxylic acids is 1. The van der Waals surface area contributed by atoms with Gasteiger partial charge in [0.1, 0.15) is 6.10 Å². The van der Waals surface area contributed by atoms with Crippen LogP contribution in [0.2, 0.25) is 0 Å². The summed E-state index contributed by atoms with van der Waals surface area (Å²) in [6.45, 7) is 0.836. The molecule has 0 unspecified atom stereocenters. The molecule has 3 N–H and O–H groups in total. The first-order valence-electron chi connectivity index (χ1n) is 5.26. The summed E-state index contributed by atoms with van der Waals surface area (Å²) < 4.78 is 0. The van der Waals surface area contributed by atoms with Crippen LogP contribution in [0.25, 0.3) is 0 Å². The standard InChI is InChI=1S/C11H14N2O5/c1-7(15)12-10(6-14)11(16)8-2-4-9(5-3-8)13(17)18/h2-5,10-11,14,16H,6H2,1H3,(H,12,15)/t10-,11-/m1/s1. The van der Waals surface area contributed by atoms with E-state index in [-0.39, 0.29) is 11.6 Å². The van der Waals surface area contributed by atoms with Crippen LogP contribution in [0, 0.1) is 10.1 Å². The largest absolute Gasteiger partial charge is 0.394 e. The first kappa shape index (κ1) is 14.1. The fourth-order valence-corrected chi connectivity index (χ4v) is 1.51. The van der Waals surface area contributed by atoms with Gasteiger partial charge in [0.05, 0.1) is 17.6 Å². The van der Waals surface area contributed by atoms with Crippen molar-refractivity contribution in [3.63, 3.8) is 0 Å². The predicted molar refractivity (Wildman–Crippen MR) is 62.7 cm³/mol. The molecule has 1 amide bonds. The first-order chi connectivity index (χ1) is 8.45. The maximum absolute atomic E-state index is 10.9. The van der Waals surface area contributed by atoms with Gasteiger partial charge in [0.15, 0.2) is 0 Å². The van der Waals surface area contributed by atoms with Crippen LogP contribution in [-0.4, -0.2) is 33.7 Å². The van der Waals surface area contributed by atoms with E-state index in [9.17, 15) is 20.0 Å². The summed E-state index contributed by atoms with van der Waals surface area (Å²) in [5.41, 5.74) is 0.291. The number of amides is 1. The molecule has 0 aromatic heterocycles. The SMILES string of the molecule is CC(=O)N[C@H](CO)[C@H](O)c1ccc([N+](=O)[O-])cc1. The van der Waals surface area contributed by atoms with E-state index < -0.39 is 23.7 Å². The van der Waals surface area contributed by atoms with Crippen LogP contribution in [0.3, 0.4) is 0 Å². The molecule has 0 fully saturated rings. The molecule has 0 heterocycles. The molecule has 1 rings (SSSR count). The minimum absolute atomic E-state index is 0.0916. The quantitative estimate of drug-likeness (QED) is 0.510. The number of rotatable bonds is 5. The molecule has 7 nitrogen and oxygen atoms in total. The summed E-state index contributed by atoms with van der Waals surface area (Å²) in [6, 6.07) is 4.42. The lowest BCUT2D eigenvalue weighted by atomic mass is 10.0. The normalized spacial score (nSPS) is 13.7. The second-order valence-electron chi connectivity index (χ2n) is 3.78. The number of non-ortho nitro benzene ring substituents is 1. The number of nitro groups is 1. The second-order valence-corrected chi connectivity index (χ2v) is 3.78. The maximum atomic E-state index is 10.9. The Labute approximate surface area is 103 Å². The molecule has 1 aromatic carbocycles. The molecular formula is C11H14N2O5. The number of carbonyl (C=O) groups is 1. The number of nitrogens with zero attached hydrogens (tertiary/aromatic N) is 1. The zero-order chi connectivity index (χ0) is 13.7. The van der Waals surface area contributed by atoms with Gasteiger partial charge in [-0.1, -0.05) is 0 Å². The summed E-state index contributed by atoms with van der Waals surface area (Å²) in [5, 5.41) is 31.8. The Morgan fingerprint density at radius 1 is 1.44 bits per heavy atom. The minimum atomic E-state index is -1.13. The zero-order valence-electron chi connectivity index (χ0n) is 9.74. The summed E-state index contributed by atoms with van der Waals surface area (Å²) >= 11 is 0. The summed E-state index contributed by atoms with van der Waals surface area (Å²) in [7, 11) is 0. The molecule has 0 radical (unpaired) electrons. The van der Waals surface area contributed by atoms with Crippen molar-refractivity contribution in [1.82, 2.24) is 5.32 Å². The predicted octanol–water partition coefficient (Wildman–Crippen LogP) is 0.125. The van der Waals surface area contributed by atoms with E-state index in [1.165, 1.54) is 31.2 Å². The van der Waals surface area contributed by atoms with Crippen molar-refractivity contribution >= 4 is 11.6 Å². The van der Waals surface area contributed by atoms with Gasteiger partial charge in [-0.05, 0) is 17.7 Å². The minimum Gasteiger partial charge on any atom is -0.394 e. The number of nitro benzene ring substituents is 1. The summed E-state index contributed by atoms with van der Waals surface area (Å²) in [4.78, 5) is 20.8. The highest BCUT2D eigenvalue weighted by atomic mass is 16.6. The third-order valence-electron chi connectivity index (χ3n) is 2.41. The van der Waals surface area contributed by atoms with Gasteiger partial charge < -0.3 is 15.5 Å². The van der Waals surface area contributed by atoms with Crippen LogP contribution in [0.4, 0.5) is 5.69 Å². The molecule has 0 saturated heterocycles. The number of hydrogen-bond acceptors (Lipinski definition) is 5. The fraction of sp³-hybridized carbons (Fsp3) is 0.364. The molecule has 0 spiro atoms.